The third-order valence-corrected chi connectivity index (χ3v) is 6.03. The van der Waals surface area contributed by atoms with Crippen LogP contribution in [0.2, 0.25) is 0 Å². The number of hydrogen-bond donors (Lipinski definition) is 0. The molecule has 3 rings (SSSR count). The molecule has 0 bridgehead atoms. The summed E-state index contributed by atoms with van der Waals surface area (Å²) < 4.78 is 5.47. The van der Waals surface area contributed by atoms with Gasteiger partial charge in [0, 0.05) is 38.7 Å². The van der Waals surface area contributed by atoms with E-state index in [1.54, 1.807) is 0 Å². The van der Waals surface area contributed by atoms with Crippen LogP contribution in [0.1, 0.15) is 53.0 Å². The summed E-state index contributed by atoms with van der Waals surface area (Å²) in [6.07, 6.45) is 1.50. The molecule has 0 saturated carbocycles. The molecule has 2 fully saturated rings. The molecule has 2 saturated heterocycles. The molecule has 0 aliphatic carbocycles. The Morgan fingerprint density at radius 3 is 2.42 bits per heavy atom. The predicted molar refractivity (Wildman–Crippen MR) is 92.4 cm³/mol. The Hall–Kier alpha value is -1.47. The Kier molecular flexibility index (Phi) is 5.20. The molecule has 1 aromatic heterocycles. The largest absolute Gasteiger partial charge is 0.368 e. The van der Waals surface area contributed by atoms with E-state index < -0.39 is 0 Å². The molecule has 6 nitrogen and oxygen atoms in total. The second-order valence-electron chi connectivity index (χ2n) is 6.74. The maximum atomic E-state index is 12.8. The van der Waals surface area contributed by atoms with Crippen molar-refractivity contribution in [2.24, 2.45) is 0 Å². The van der Waals surface area contributed by atoms with E-state index in [4.69, 9.17) is 4.74 Å². The van der Waals surface area contributed by atoms with Crippen LogP contribution < -0.4 is 0 Å². The number of hydrogen-bond acceptors (Lipinski definition) is 5. The SMILES string of the molecule is Cc1nc(C(C)C)sc1C(=O)N1CCN(C(=O)[C@@H]2CCCO2)CC1. The Balaban J connectivity index is 1.60. The molecule has 0 N–H and O–H groups in total. The van der Waals surface area contributed by atoms with Crippen LogP contribution in [0, 0.1) is 6.92 Å². The van der Waals surface area contributed by atoms with Gasteiger partial charge >= 0.3 is 0 Å². The highest BCUT2D eigenvalue weighted by atomic mass is 32.1. The minimum absolute atomic E-state index is 0.0427. The van der Waals surface area contributed by atoms with Gasteiger partial charge < -0.3 is 14.5 Å². The number of carbonyl (C=O) groups is 2. The highest BCUT2D eigenvalue weighted by Crippen LogP contribution is 2.26. The van der Waals surface area contributed by atoms with Gasteiger partial charge in [0.15, 0.2) is 0 Å². The number of piperazine rings is 1. The molecule has 0 spiro atoms. The topological polar surface area (TPSA) is 62.7 Å². The van der Waals surface area contributed by atoms with Crippen molar-refractivity contribution in [1.29, 1.82) is 0 Å². The lowest BCUT2D eigenvalue weighted by Gasteiger charge is -2.35. The smallest absolute Gasteiger partial charge is 0.265 e. The number of aromatic nitrogens is 1. The summed E-state index contributed by atoms with van der Waals surface area (Å²) in [7, 11) is 0. The molecular formula is C17H25N3O3S. The first kappa shape index (κ1) is 17.4. The van der Waals surface area contributed by atoms with Gasteiger partial charge in [-0.2, -0.15) is 0 Å². The van der Waals surface area contributed by atoms with Crippen LogP contribution in [-0.2, 0) is 9.53 Å². The lowest BCUT2D eigenvalue weighted by Crippen LogP contribution is -2.52. The van der Waals surface area contributed by atoms with E-state index in [0.29, 0.717) is 38.7 Å². The molecule has 0 aromatic carbocycles. The van der Waals surface area contributed by atoms with Crippen LogP contribution in [0.4, 0.5) is 0 Å². The standard InChI is InChI=1S/C17H25N3O3S/c1-11(2)15-18-12(3)14(24-15)17(22)20-8-6-19(7-9-20)16(21)13-5-4-10-23-13/h11,13H,4-10H2,1-3H3/t13-/m0/s1. The van der Waals surface area contributed by atoms with Gasteiger partial charge in [0.05, 0.1) is 10.7 Å². The van der Waals surface area contributed by atoms with E-state index in [2.05, 4.69) is 18.8 Å². The van der Waals surface area contributed by atoms with Gasteiger partial charge in [0.25, 0.3) is 11.8 Å². The first-order valence-electron chi connectivity index (χ1n) is 8.64. The lowest BCUT2D eigenvalue weighted by atomic mass is 10.2. The molecule has 2 aliphatic heterocycles. The summed E-state index contributed by atoms with van der Waals surface area (Å²) >= 11 is 1.49. The molecule has 132 valence electrons. The highest BCUT2D eigenvalue weighted by molar-refractivity contribution is 7.13. The van der Waals surface area contributed by atoms with Crippen LogP contribution in [0.5, 0.6) is 0 Å². The number of rotatable bonds is 3. The normalized spacial score (nSPS) is 21.6. The van der Waals surface area contributed by atoms with E-state index in [-0.39, 0.29) is 17.9 Å². The quantitative estimate of drug-likeness (QED) is 0.836. The third-order valence-electron chi connectivity index (χ3n) is 4.58. The summed E-state index contributed by atoms with van der Waals surface area (Å²) in [5.41, 5.74) is 0.812. The highest BCUT2D eigenvalue weighted by Gasteiger charge is 2.32. The monoisotopic (exact) mass is 351 g/mol. The van der Waals surface area contributed by atoms with Crippen molar-refractivity contribution in [2.45, 2.75) is 45.6 Å². The summed E-state index contributed by atoms with van der Waals surface area (Å²) in [4.78, 5) is 34.0. The molecule has 24 heavy (non-hydrogen) atoms. The Bertz CT molecular complexity index is 615. The second kappa shape index (κ2) is 7.19. The van der Waals surface area contributed by atoms with E-state index in [1.165, 1.54) is 11.3 Å². The number of carbonyl (C=O) groups excluding carboxylic acids is 2. The Labute approximate surface area is 146 Å². The van der Waals surface area contributed by atoms with Crippen molar-refractivity contribution < 1.29 is 14.3 Å². The summed E-state index contributed by atoms with van der Waals surface area (Å²) in [5.74, 6) is 0.452. The van der Waals surface area contributed by atoms with Gasteiger partial charge in [-0.05, 0) is 19.8 Å². The first-order chi connectivity index (χ1) is 11.5. The van der Waals surface area contributed by atoms with Crippen LogP contribution in [-0.4, -0.2) is 65.5 Å². The number of ether oxygens (including phenoxy) is 1. The molecule has 1 atom stereocenters. The first-order valence-corrected chi connectivity index (χ1v) is 9.46. The average Bonchev–Trinajstić information content (AvgIpc) is 3.23. The average molecular weight is 351 g/mol. The van der Waals surface area contributed by atoms with Crippen molar-refractivity contribution in [3.8, 4) is 0 Å². The fourth-order valence-corrected chi connectivity index (χ4v) is 4.15. The number of amides is 2. The van der Waals surface area contributed by atoms with Crippen molar-refractivity contribution in [2.75, 3.05) is 32.8 Å². The van der Waals surface area contributed by atoms with Gasteiger partial charge in [-0.15, -0.1) is 11.3 Å². The van der Waals surface area contributed by atoms with Gasteiger partial charge in [0.1, 0.15) is 11.0 Å². The zero-order chi connectivity index (χ0) is 17.3. The van der Waals surface area contributed by atoms with Crippen molar-refractivity contribution in [3.05, 3.63) is 15.6 Å². The summed E-state index contributed by atoms with van der Waals surface area (Å²) in [5, 5.41) is 1.00. The minimum Gasteiger partial charge on any atom is -0.368 e. The molecule has 2 amide bonds. The molecule has 0 radical (unpaired) electrons. The maximum Gasteiger partial charge on any atom is 0.265 e. The molecular weight excluding hydrogens is 326 g/mol. The van der Waals surface area contributed by atoms with Gasteiger partial charge in [0.2, 0.25) is 0 Å². The Morgan fingerprint density at radius 1 is 1.21 bits per heavy atom. The third kappa shape index (κ3) is 3.47. The second-order valence-corrected chi connectivity index (χ2v) is 7.77. The fourth-order valence-electron chi connectivity index (χ4n) is 3.11. The van der Waals surface area contributed by atoms with Gasteiger partial charge in [-0.1, -0.05) is 13.8 Å². The zero-order valence-corrected chi connectivity index (χ0v) is 15.4. The van der Waals surface area contributed by atoms with E-state index in [1.807, 2.05) is 16.7 Å². The molecule has 1 aromatic rings. The zero-order valence-electron chi connectivity index (χ0n) is 14.6. The van der Waals surface area contributed by atoms with Crippen LogP contribution >= 0.6 is 11.3 Å². The van der Waals surface area contributed by atoms with Crippen LogP contribution in [0.15, 0.2) is 0 Å². The van der Waals surface area contributed by atoms with Crippen molar-refractivity contribution >= 4 is 23.2 Å². The number of nitrogens with zero attached hydrogens (tertiary/aromatic N) is 3. The fraction of sp³-hybridized carbons (Fsp3) is 0.706. The molecule has 0 unspecified atom stereocenters. The minimum atomic E-state index is -0.274. The number of thiazole rings is 1. The van der Waals surface area contributed by atoms with Gasteiger partial charge in [-0.3, -0.25) is 9.59 Å². The summed E-state index contributed by atoms with van der Waals surface area (Å²) in [6, 6.07) is 0. The van der Waals surface area contributed by atoms with Crippen LogP contribution in [0.25, 0.3) is 0 Å². The van der Waals surface area contributed by atoms with Crippen molar-refractivity contribution in [1.82, 2.24) is 14.8 Å². The molecule has 3 heterocycles. The van der Waals surface area contributed by atoms with Gasteiger partial charge in [-0.25, -0.2) is 4.98 Å². The Morgan fingerprint density at radius 2 is 1.88 bits per heavy atom. The molecule has 2 aliphatic rings. The number of aryl methyl sites for hydroxylation is 1. The molecule has 7 heteroatoms. The maximum absolute atomic E-state index is 12.8. The van der Waals surface area contributed by atoms with Crippen molar-refractivity contribution in [3.63, 3.8) is 0 Å². The lowest BCUT2D eigenvalue weighted by molar-refractivity contribution is -0.142. The predicted octanol–water partition coefficient (Wildman–Crippen LogP) is 2.04. The van der Waals surface area contributed by atoms with Crippen LogP contribution in [0.3, 0.4) is 0 Å². The van der Waals surface area contributed by atoms with E-state index in [9.17, 15) is 9.59 Å². The van der Waals surface area contributed by atoms with E-state index >= 15 is 0 Å². The summed E-state index contributed by atoms with van der Waals surface area (Å²) in [6.45, 7) is 9.06. The van der Waals surface area contributed by atoms with E-state index in [0.717, 1.165) is 28.4 Å².